The summed E-state index contributed by atoms with van der Waals surface area (Å²) in [7, 11) is 0. The van der Waals surface area contributed by atoms with Gasteiger partial charge >= 0.3 is 6.03 Å². The lowest BCUT2D eigenvalue weighted by molar-refractivity contribution is 0.185. The molecule has 1 aromatic carbocycles. The first-order valence-corrected chi connectivity index (χ1v) is 7.55. The number of hydrogen-bond acceptors (Lipinski definition) is 3. The molecule has 6 nitrogen and oxygen atoms in total. The highest BCUT2D eigenvalue weighted by Crippen LogP contribution is 2.27. The highest BCUT2D eigenvalue weighted by molar-refractivity contribution is 6.32. The second-order valence-electron chi connectivity index (χ2n) is 5.20. The summed E-state index contributed by atoms with van der Waals surface area (Å²) in [6, 6.07) is 7.38. The third-order valence-corrected chi connectivity index (χ3v) is 3.84. The number of aliphatic hydroxyl groups is 1. The average molecular weight is 321 g/mol. The number of nitrogens with zero attached hydrogens (tertiary/aromatic N) is 3. The van der Waals surface area contributed by atoms with Crippen LogP contribution in [0.5, 0.6) is 0 Å². The number of nitrogens with one attached hydrogen (secondary N) is 1. The van der Waals surface area contributed by atoms with Crippen LogP contribution in [0.4, 0.5) is 10.5 Å². The summed E-state index contributed by atoms with van der Waals surface area (Å²) in [6.45, 7) is 0.304. The Kier molecular flexibility index (Phi) is 4.31. The molecule has 7 heteroatoms. The van der Waals surface area contributed by atoms with E-state index in [0.717, 1.165) is 18.5 Å². The summed E-state index contributed by atoms with van der Waals surface area (Å²) in [5, 5.41) is 16.7. The number of para-hydroxylation sites is 1. The van der Waals surface area contributed by atoms with Gasteiger partial charge in [-0.3, -0.25) is 0 Å². The van der Waals surface area contributed by atoms with E-state index in [-0.39, 0.29) is 18.7 Å². The Morgan fingerprint density at radius 2 is 2.23 bits per heavy atom. The third-order valence-electron chi connectivity index (χ3n) is 3.52. The smallest absolute Gasteiger partial charge is 0.322 e. The van der Waals surface area contributed by atoms with E-state index < -0.39 is 0 Å². The maximum absolute atomic E-state index is 12.2. The van der Waals surface area contributed by atoms with Crippen LogP contribution < -0.4 is 5.32 Å². The van der Waals surface area contributed by atoms with Gasteiger partial charge in [0.15, 0.2) is 0 Å². The van der Waals surface area contributed by atoms with E-state index >= 15 is 0 Å². The van der Waals surface area contributed by atoms with Crippen molar-refractivity contribution in [1.82, 2.24) is 14.7 Å². The molecule has 116 valence electrons. The lowest BCUT2D eigenvalue weighted by Gasteiger charge is -2.21. The minimum Gasteiger partial charge on any atom is -0.395 e. The van der Waals surface area contributed by atoms with Gasteiger partial charge in [-0.1, -0.05) is 23.7 Å². The zero-order valence-corrected chi connectivity index (χ0v) is 12.7. The molecule has 1 aromatic heterocycles. The third kappa shape index (κ3) is 3.23. The SMILES string of the molecule is O=C(Nc1cnn(-c2ccccc2Cl)c1)N(CCO)C1CC1. The van der Waals surface area contributed by atoms with E-state index in [1.54, 1.807) is 28.0 Å². The first-order chi connectivity index (χ1) is 10.7. The largest absolute Gasteiger partial charge is 0.395 e. The number of anilines is 1. The number of aliphatic hydroxyl groups excluding tert-OH is 1. The normalized spacial score (nSPS) is 13.9. The molecule has 2 N–H and O–H groups in total. The molecule has 1 heterocycles. The maximum Gasteiger partial charge on any atom is 0.322 e. The van der Waals surface area contributed by atoms with Gasteiger partial charge in [-0.25, -0.2) is 9.48 Å². The van der Waals surface area contributed by atoms with Crippen LogP contribution in [0.25, 0.3) is 5.69 Å². The van der Waals surface area contributed by atoms with Crippen molar-refractivity contribution in [3.8, 4) is 5.69 Å². The number of halogens is 1. The van der Waals surface area contributed by atoms with Crippen LogP contribution >= 0.6 is 11.6 Å². The zero-order valence-electron chi connectivity index (χ0n) is 11.9. The molecule has 0 saturated heterocycles. The van der Waals surface area contributed by atoms with Crippen LogP contribution in [0.2, 0.25) is 5.02 Å². The molecule has 1 saturated carbocycles. The number of hydrogen-bond donors (Lipinski definition) is 2. The van der Waals surface area contributed by atoms with Gasteiger partial charge in [0.2, 0.25) is 0 Å². The second-order valence-corrected chi connectivity index (χ2v) is 5.61. The molecule has 0 spiro atoms. The molecule has 1 aliphatic carbocycles. The molecule has 2 amide bonds. The Labute approximate surface area is 133 Å². The summed E-state index contributed by atoms with van der Waals surface area (Å²) in [4.78, 5) is 13.9. The van der Waals surface area contributed by atoms with Crippen molar-refractivity contribution in [2.24, 2.45) is 0 Å². The number of carbonyl (C=O) groups is 1. The lowest BCUT2D eigenvalue weighted by Crippen LogP contribution is -2.38. The van der Waals surface area contributed by atoms with Gasteiger partial charge in [-0.05, 0) is 25.0 Å². The van der Waals surface area contributed by atoms with Crippen LogP contribution in [0.15, 0.2) is 36.7 Å². The van der Waals surface area contributed by atoms with Crippen LogP contribution in [-0.4, -0.2) is 45.0 Å². The Balaban J connectivity index is 1.71. The molecule has 1 fully saturated rings. The van der Waals surface area contributed by atoms with E-state index in [0.29, 0.717) is 17.3 Å². The highest BCUT2D eigenvalue weighted by Gasteiger charge is 2.32. The van der Waals surface area contributed by atoms with Gasteiger partial charge in [0.25, 0.3) is 0 Å². The molecule has 1 aliphatic rings. The molecule has 0 unspecified atom stereocenters. The van der Waals surface area contributed by atoms with Gasteiger partial charge in [-0.2, -0.15) is 5.10 Å². The van der Waals surface area contributed by atoms with Gasteiger partial charge < -0.3 is 15.3 Å². The highest BCUT2D eigenvalue weighted by atomic mass is 35.5. The standard InChI is InChI=1S/C15H17ClN4O2/c16-13-3-1-2-4-14(13)20-10-11(9-17-20)18-15(22)19(7-8-21)12-5-6-12/h1-4,9-10,12,21H,5-8H2,(H,18,22). The van der Waals surface area contributed by atoms with Crippen molar-refractivity contribution < 1.29 is 9.90 Å². The lowest BCUT2D eigenvalue weighted by atomic mass is 10.3. The van der Waals surface area contributed by atoms with Gasteiger partial charge in [-0.15, -0.1) is 0 Å². The number of benzene rings is 1. The molecule has 2 aromatic rings. The van der Waals surface area contributed by atoms with Crippen molar-refractivity contribution in [3.05, 3.63) is 41.7 Å². The number of amides is 2. The monoisotopic (exact) mass is 320 g/mol. The molecule has 0 bridgehead atoms. The fraction of sp³-hybridized carbons (Fsp3) is 0.333. The predicted molar refractivity (Wildman–Crippen MR) is 84.4 cm³/mol. The summed E-state index contributed by atoms with van der Waals surface area (Å²) >= 11 is 6.13. The van der Waals surface area contributed by atoms with Gasteiger partial charge in [0.1, 0.15) is 0 Å². The second kappa shape index (κ2) is 6.37. The molecular formula is C15H17ClN4O2. The Morgan fingerprint density at radius 3 is 2.91 bits per heavy atom. The minimum absolute atomic E-state index is 0.0389. The first kappa shape index (κ1) is 14.9. The molecule has 3 rings (SSSR count). The van der Waals surface area contributed by atoms with Crippen molar-refractivity contribution in [2.45, 2.75) is 18.9 Å². The summed E-state index contributed by atoms with van der Waals surface area (Å²) in [5.74, 6) is 0. The zero-order chi connectivity index (χ0) is 15.5. The van der Waals surface area contributed by atoms with Crippen LogP contribution in [0.1, 0.15) is 12.8 Å². The van der Waals surface area contributed by atoms with E-state index in [1.165, 1.54) is 0 Å². The number of carbonyl (C=O) groups excluding carboxylic acids is 1. The molecular weight excluding hydrogens is 304 g/mol. The van der Waals surface area contributed by atoms with Gasteiger partial charge in [0, 0.05) is 12.6 Å². The molecule has 0 radical (unpaired) electrons. The first-order valence-electron chi connectivity index (χ1n) is 7.17. The summed E-state index contributed by atoms with van der Waals surface area (Å²) in [6.07, 6.45) is 5.27. The van der Waals surface area contributed by atoms with Crippen molar-refractivity contribution in [3.63, 3.8) is 0 Å². The number of rotatable bonds is 5. The molecule has 22 heavy (non-hydrogen) atoms. The van der Waals surface area contributed by atoms with E-state index in [9.17, 15) is 4.79 Å². The maximum atomic E-state index is 12.2. The van der Waals surface area contributed by atoms with Crippen molar-refractivity contribution in [1.29, 1.82) is 0 Å². The van der Waals surface area contributed by atoms with Crippen LogP contribution in [-0.2, 0) is 0 Å². The average Bonchev–Trinajstić information content (AvgIpc) is 3.25. The topological polar surface area (TPSA) is 70.4 Å². The minimum atomic E-state index is -0.213. The van der Waals surface area contributed by atoms with Crippen molar-refractivity contribution >= 4 is 23.3 Å². The fourth-order valence-corrected chi connectivity index (χ4v) is 2.52. The Bertz CT molecular complexity index is 669. The quantitative estimate of drug-likeness (QED) is 0.889. The molecule has 0 atom stereocenters. The van der Waals surface area contributed by atoms with E-state index in [2.05, 4.69) is 10.4 Å². The fourth-order valence-electron chi connectivity index (χ4n) is 2.30. The van der Waals surface area contributed by atoms with Crippen LogP contribution in [0.3, 0.4) is 0 Å². The number of urea groups is 1. The Hall–Kier alpha value is -2.05. The van der Waals surface area contributed by atoms with E-state index in [4.69, 9.17) is 16.7 Å². The summed E-state index contributed by atoms with van der Waals surface area (Å²) in [5.41, 5.74) is 1.34. The molecule has 0 aliphatic heterocycles. The Morgan fingerprint density at radius 1 is 1.45 bits per heavy atom. The van der Waals surface area contributed by atoms with Crippen LogP contribution in [0, 0.1) is 0 Å². The van der Waals surface area contributed by atoms with Crippen molar-refractivity contribution in [2.75, 3.05) is 18.5 Å². The van der Waals surface area contributed by atoms with E-state index in [1.807, 2.05) is 18.2 Å². The number of aromatic nitrogens is 2. The summed E-state index contributed by atoms with van der Waals surface area (Å²) < 4.78 is 1.62. The van der Waals surface area contributed by atoms with Gasteiger partial charge in [0.05, 0.1) is 35.4 Å². The predicted octanol–water partition coefficient (Wildman–Crippen LogP) is 2.51.